The third-order valence-corrected chi connectivity index (χ3v) is 6.43. The molecule has 28 heavy (non-hydrogen) atoms. The van der Waals surface area contributed by atoms with E-state index in [1.807, 2.05) is 24.3 Å². The third kappa shape index (κ3) is 2.89. The number of amides is 3. The fourth-order valence-corrected chi connectivity index (χ4v) is 5.02. The van der Waals surface area contributed by atoms with E-state index in [0.29, 0.717) is 22.9 Å². The molecular weight excluding hydrogens is 402 g/mol. The summed E-state index contributed by atoms with van der Waals surface area (Å²) in [5.74, 6) is -0.820. The number of benzene rings is 2. The number of carbonyl (C=O) groups is 3. The van der Waals surface area contributed by atoms with Crippen molar-refractivity contribution in [2.24, 2.45) is 0 Å². The Morgan fingerprint density at radius 1 is 1.21 bits per heavy atom. The van der Waals surface area contributed by atoms with Crippen molar-refractivity contribution in [1.29, 1.82) is 0 Å². The summed E-state index contributed by atoms with van der Waals surface area (Å²) in [7, 11) is 1.44. The number of hydrazine groups is 1. The Morgan fingerprint density at radius 3 is 2.79 bits per heavy atom. The van der Waals surface area contributed by atoms with Crippen molar-refractivity contribution < 1.29 is 19.1 Å². The van der Waals surface area contributed by atoms with Gasteiger partial charge in [0, 0.05) is 16.3 Å². The Kier molecular flexibility index (Phi) is 4.68. The van der Waals surface area contributed by atoms with Crippen molar-refractivity contribution in [1.82, 2.24) is 10.9 Å². The van der Waals surface area contributed by atoms with E-state index in [1.165, 1.54) is 29.8 Å². The molecule has 9 heteroatoms. The molecule has 2 heterocycles. The molecule has 7 nitrogen and oxygen atoms in total. The molecule has 1 atom stereocenters. The minimum absolute atomic E-state index is 0.115. The van der Waals surface area contributed by atoms with Crippen LogP contribution in [-0.2, 0) is 9.59 Å². The first-order valence-corrected chi connectivity index (χ1v) is 9.71. The van der Waals surface area contributed by atoms with Gasteiger partial charge >= 0.3 is 0 Å². The number of methoxy groups -OCH3 is 1. The average molecular weight is 418 g/mol. The lowest BCUT2D eigenvalue weighted by Crippen LogP contribution is -2.56. The van der Waals surface area contributed by atoms with Crippen LogP contribution in [0.4, 0.5) is 5.69 Å². The number of nitrogens with zero attached hydrogens (tertiary/aromatic N) is 1. The van der Waals surface area contributed by atoms with Crippen molar-refractivity contribution >= 4 is 46.8 Å². The summed E-state index contributed by atoms with van der Waals surface area (Å²) < 4.78 is 5.16. The van der Waals surface area contributed by atoms with Gasteiger partial charge in [-0.3, -0.25) is 30.1 Å². The van der Waals surface area contributed by atoms with E-state index in [2.05, 4.69) is 10.9 Å². The normalized spacial score (nSPS) is 19.8. The van der Waals surface area contributed by atoms with Gasteiger partial charge in [-0.25, -0.2) is 0 Å². The number of anilines is 1. The van der Waals surface area contributed by atoms with Gasteiger partial charge in [0.2, 0.25) is 5.91 Å². The Bertz CT molecular complexity index is 999. The van der Waals surface area contributed by atoms with Gasteiger partial charge in [-0.05, 0) is 36.8 Å². The number of rotatable bonds is 3. The molecule has 3 amide bonds. The number of hydrogen-bond donors (Lipinski definition) is 2. The number of nitrogens with one attached hydrogen (secondary N) is 2. The van der Waals surface area contributed by atoms with E-state index < -0.39 is 16.7 Å². The van der Waals surface area contributed by atoms with E-state index in [-0.39, 0.29) is 17.9 Å². The predicted molar refractivity (Wildman–Crippen MR) is 105 cm³/mol. The number of halogens is 1. The summed E-state index contributed by atoms with van der Waals surface area (Å²) >= 11 is 7.27. The van der Waals surface area contributed by atoms with Crippen molar-refractivity contribution in [2.75, 3.05) is 12.0 Å². The zero-order valence-electron chi connectivity index (χ0n) is 14.8. The monoisotopic (exact) mass is 417 g/mol. The summed E-state index contributed by atoms with van der Waals surface area (Å²) in [6.45, 7) is 0. The molecule has 1 saturated heterocycles. The van der Waals surface area contributed by atoms with Crippen molar-refractivity contribution in [3.8, 4) is 5.75 Å². The zero-order valence-corrected chi connectivity index (χ0v) is 16.4. The molecular formula is C19H16ClN3O4S. The quantitative estimate of drug-likeness (QED) is 0.750. The molecule has 2 aromatic carbocycles. The molecule has 0 spiro atoms. The summed E-state index contributed by atoms with van der Waals surface area (Å²) in [4.78, 5) is 39.2. The lowest BCUT2D eigenvalue weighted by Gasteiger charge is -2.29. The predicted octanol–water partition coefficient (Wildman–Crippen LogP) is 2.74. The maximum absolute atomic E-state index is 13.0. The first-order chi connectivity index (χ1) is 13.5. The molecule has 2 N–H and O–H groups in total. The summed E-state index contributed by atoms with van der Waals surface area (Å²) in [5, 5.41) is 0.366. The minimum Gasteiger partial charge on any atom is -0.496 e. The average Bonchev–Trinajstić information content (AvgIpc) is 3.21. The molecule has 1 fully saturated rings. The highest BCUT2D eigenvalue weighted by Crippen LogP contribution is 2.55. The Balaban J connectivity index is 1.54. The number of fused-ring (bicyclic) bond motifs is 3. The second-order valence-corrected chi connectivity index (χ2v) is 8.09. The Hall–Kier alpha value is -2.71. The highest BCUT2D eigenvalue weighted by molar-refractivity contribution is 8.02. The number of carbonyl (C=O) groups excluding carboxylic acids is 3. The van der Waals surface area contributed by atoms with Crippen LogP contribution in [0, 0.1) is 0 Å². The molecule has 4 rings (SSSR count). The van der Waals surface area contributed by atoms with Gasteiger partial charge in [-0.15, -0.1) is 0 Å². The molecule has 2 aliphatic rings. The van der Waals surface area contributed by atoms with Gasteiger partial charge in [-0.2, -0.15) is 0 Å². The van der Waals surface area contributed by atoms with Crippen LogP contribution in [0.2, 0.25) is 5.02 Å². The van der Waals surface area contributed by atoms with Crippen LogP contribution in [0.25, 0.3) is 0 Å². The van der Waals surface area contributed by atoms with Crippen LogP contribution in [0.3, 0.4) is 0 Å². The number of para-hydroxylation sites is 1. The van der Waals surface area contributed by atoms with Gasteiger partial charge in [0.1, 0.15) is 5.75 Å². The summed E-state index contributed by atoms with van der Waals surface area (Å²) in [5.41, 5.74) is 5.76. The maximum atomic E-state index is 13.0. The van der Waals surface area contributed by atoms with E-state index in [9.17, 15) is 14.4 Å². The van der Waals surface area contributed by atoms with Gasteiger partial charge < -0.3 is 4.74 Å². The molecule has 144 valence electrons. The van der Waals surface area contributed by atoms with Crippen LogP contribution in [-0.4, -0.2) is 29.7 Å². The van der Waals surface area contributed by atoms with Gasteiger partial charge in [0.15, 0.2) is 4.87 Å². The topological polar surface area (TPSA) is 87.7 Å². The van der Waals surface area contributed by atoms with Crippen molar-refractivity contribution in [2.45, 2.75) is 22.6 Å². The summed E-state index contributed by atoms with van der Waals surface area (Å²) in [6.07, 6.45) is 0.623. The van der Waals surface area contributed by atoms with E-state index in [1.54, 1.807) is 12.1 Å². The fourth-order valence-electron chi connectivity index (χ4n) is 3.43. The van der Waals surface area contributed by atoms with Gasteiger partial charge in [0.25, 0.3) is 11.8 Å². The molecule has 0 radical (unpaired) electrons. The van der Waals surface area contributed by atoms with Crippen molar-refractivity contribution in [3.63, 3.8) is 0 Å². The zero-order chi connectivity index (χ0) is 19.9. The number of thioether (sulfide) groups is 1. The molecule has 0 bridgehead atoms. The number of ether oxygens (including phenoxy) is 1. The van der Waals surface area contributed by atoms with E-state index in [0.717, 1.165) is 4.90 Å². The number of hydrogen-bond acceptors (Lipinski definition) is 5. The van der Waals surface area contributed by atoms with Crippen LogP contribution in [0.1, 0.15) is 23.2 Å². The molecule has 2 aromatic rings. The third-order valence-electron chi connectivity index (χ3n) is 4.72. The highest BCUT2D eigenvalue weighted by Gasteiger charge is 2.57. The van der Waals surface area contributed by atoms with Gasteiger partial charge in [-0.1, -0.05) is 35.5 Å². The molecule has 1 unspecified atom stereocenters. The Labute approximate surface area is 170 Å². The molecule has 0 saturated carbocycles. The van der Waals surface area contributed by atoms with E-state index >= 15 is 0 Å². The largest absolute Gasteiger partial charge is 0.496 e. The maximum Gasteiger partial charge on any atom is 0.275 e. The summed E-state index contributed by atoms with van der Waals surface area (Å²) in [6, 6.07) is 12.0. The smallest absolute Gasteiger partial charge is 0.275 e. The van der Waals surface area contributed by atoms with Crippen LogP contribution < -0.4 is 20.5 Å². The van der Waals surface area contributed by atoms with Crippen LogP contribution in [0.5, 0.6) is 5.75 Å². The second kappa shape index (κ2) is 7.03. The second-order valence-electron chi connectivity index (χ2n) is 6.34. The fraction of sp³-hybridized carbons (Fsp3) is 0.211. The first-order valence-electron chi connectivity index (χ1n) is 8.52. The highest BCUT2D eigenvalue weighted by atomic mass is 35.5. The van der Waals surface area contributed by atoms with Gasteiger partial charge in [0.05, 0.1) is 18.4 Å². The molecule has 2 aliphatic heterocycles. The SMILES string of the molecule is COc1ccc(Cl)cc1C(=O)NNC(=O)C12CCC(=O)N1c1ccccc1S2. The minimum atomic E-state index is -1.10. The Morgan fingerprint density at radius 2 is 2.00 bits per heavy atom. The van der Waals surface area contributed by atoms with Crippen LogP contribution in [0.15, 0.2) is 47.4 Å². The van der Waals surface area contributed by atoms with Crippen molar-refractivity contribution in [3.05, 3.63) is 53.1 Å². The van der Waals surface area contributed by atoms with E-state index in [4.69, 9.17) is 16.3 Å². The lowest BCUT2D eigenvalue weighted by atomic mass is 10.2. The standard InChI is InChI=1S/C19H16ClN3O4S/c1-27-14-7-6-11(20)10-12(14)17(25)21-22-18(26)19-9-8-16(24)23(19)13-4-2-3-5-15(13)28-19/h2-7,10H,8-9H2,1H3,(H,21,25)(H,22,26). The lowest BCUT2D eigenvalue weighted by molar-refractivity contribution is -0.125. The first kappa shape index (κ1) is 18.6. The van der Waals surface area contributed by atoms with Crippen LogP contribution >= 0.6 is 23.4 Å². The molecule has 0 aromatic heterocycles. The molecule has 0 aliphatic carbocycles.